The van der Waals surface area contributed by atoms with Crippen LogP contribution >= 0.6 is 0 Å². The summed E-state index contributed by atoms with van der Waals surface area (Å²) in [6.45, 7) is 11.0. The number of aryl methyl sites for hydroxylation is 2. The van der Waals surface area contributed by atoms with E-state index in [1.54, 1.807) is 11.6 Å². The van der Waals surface area contributed by atoms with E-state index >= 15 is 0 Å². The molecule has 0 radical (unpaired) electrons. The van der Waals surface area contributed by atoms with Gasteiger partial charge in [0.25, 0.3) is 0 Å². The molecule has 0 bridgehead atoms. The van der Waals surface area contributed by atoms with Crippen LogP contribution in [-0.2, 0) is 11.8 Å². The Kier molecular flexibility index (Phi) is 6.39. The quantitative estimate of drug-likeness (QED) is 0.405. The monoisotopic (exact) mass is 516 g/mol. The second-order valence-corrected chi connectivity index (χ2v) is 10.9. The van der Waals surface area contributed by atoms with Crippen LogP contribution in [0.25, 0.3) is 22.1 Å². The molecule has 0 spiro atoms. The summed E-state index contributed by atoms with van der Waals surface area (Å²) in [5.74, 6) is 0.667. The molecule has 3 aromatic heterocycles. The van der Waals surface area contributed by atoms with Gasteiger partial charge >= 0.3 is 5.69 Å². The molecule has 1 aromatic carbocycles. The fourth-order valence-electron chi connectivity index (χ4n) is 5.95. The minimum absolute atomic E-state index is 0.0939. The van der Waals surface area contributed by atoms with Gasteiger partial charge in [-0.05, 0) is 64.7 Å². The molecule has 10 nitrogen and oxygen atoms in total. The smallest absolute Gasteiger partial charge is 0.349 e. The van der Waals surface area contributed by atoms with Crippen LogP contribution in [0.5, 0.6) is 0 Å². The first-order valence-electron chi connectivity index (χ1n) is 13.6. The maximum absolute atomic E-state index is 12.9. The maximum Gasteiger partial charge on any atom is 0.349 e. The van der Waals surface area contributed by atoms with E-state index in [0.717, 1.165) is 66.7 Å². The third kappa shape index (κ3) is 4.35. The van der Waals surface area contributed by atoms with Crippen LogP contribution in [0.4, 0.5) is 5.82 Å². The van der Waals surface area contributed by atoms with Gasteiger partial charge in [-0.3, -0.25) is 14.5 Å². The highest BCUT2D eigenvalue weighted by Gasteiger charge is 2.35. The first-order valence-corrected chi connectivity index (χ1v) is 13.6. The van der Waals surface area contributed by atoms with Crippen molar-refractivity contribution in [1.82, 2.24) is 34.2 Å². The number of rotatable bonds is 4. The molecule has 0 saturated carbocycles. The second-order valence-electron chi connectivity index (χ2n) is 10.9. The van der Waals surface area contributed by atoms with E-state index in [1.807, 2.05) is 24.0 Å². The van der Waals surface area contributed by atoms with Gasteiger partial charge in [0.15, 0.2) is 11.3 Å². The molecule has 4 aromatic rings. The van der Waals surface area contributed by atoms with Crippen molar-refractivity contribution in [3.05, 3.63) is 52.3 Å². The molecule has 2 aliphatic rings. The molecule has 0 N–H and O–H groups in total. The Hall–Kier alpha value is -3.37. The van der Waals surface area contributed by atoms with Crippen molar-refractivity contribution in [1.29, 1.82) is 0 Å². The van der Waals surface area contributed by atoms with Gasteiger partial charge in [0.05, 0.1) is 28.4 Å². The van der Waals surface area contributed by atoms with Crippen LogP contribution in [0.3, 0.4) is 0 Å². The van der Waals surface area contributed by atoms with Crippen molar-refractivity contribution in [2.45, 2.75) is 71.3 Å². The Morgan fingerprint density at radius 1 is 1.08 bits per heavy atom. The molecule has 200 valence electrons. The van der Waals surface area contributed by atoms with Gasteiger partial charge in [0.1, 0.15) is 6.23 Å². The molecule has 2 saturated heterocycles. The van der Waals surface area contributed by atoms with E-state index in [-0.39, 0.29) is 30.0 Å². The molecular weight excluding hydrogens is 480 g/mol. The molecular formula is C28H36N8O2. The van der Waals surface area contributed by atoms with Gasteiger partial charge in [-0.15, -0.1) is 0 Å². The highest BCUT2D eigenvalue weighted by atomic mass is 16.5. The zero-order valence-corrected chi connectivity index (χ0v) is 22.8. The molecule has 38 heavy (non-hydrogen) atoms. The average molecular weight is 517 g/mol. The van der Waals surface area contributed by atoms with Crippen molar-refractivity contribution >= 4 is 27.9 Å². The molecule has 2 aliphatic heterocycles. The molecule has 6 rings (SSSR count). The summed E-state index contributed by atoms with van der Waals surface area (Å²) in [7, 11) is 1.76. The third-order valence-corrected chi connectivity index (χ3v) is 8.20. The van der Waals surface area contributed by atoms with Crippen LogP contribution < -0.4 is 10.6 Å². The predicted molar refractivity (Wildman–Crippen MR) is 147 cm³/mol. The maximum atomic E-state index is 12.9. The summed E-state index contributed by atoms with van der Waals surface area (Å²) in [4.78, 5) is 31.4. The van der Waals surface area contributed by atoms with E-state index in [4.69, 9.17) is 9.84 Å². The summed E-state index contributed by atoms with van der Waals surface area (Å²) in [6, 6.07) is 6.98. The number of hydrogen-bond acceptors (Lipinski definition) is 8. The highest BCUT2D eigenvalue weighted by Crippen LogP contribution is 2.33. The molecule has 0 amide bonds. The molecule has 2 fully saturated rings. The molecule has 5 heterocycles. The minimum Gasteiger partial charge on any atom is -0.357 e. The lowest BCUT2D eigenvalue weighted by Gasteiger charge is -2.47. The van der Waals surface area contributed by atoms with Crippen molar-refractivity contribution in [2.75, 3.05) is 24.6 Å². The number of hydrogen-bond donors (Lipinski definition) is 0. The molecule has 10 heteroatoms. The minimum atomic E-state index is -0.264. The van der Waals surface area contributed by atoms with Crippen LogP contribution in [0.15, 0.2) is 35.4 Å². The fourth-order valence-corrected chi connectivity index (χ4v) is 5.95. The zero-order chi connectivity index (χ0) is 26.6. The topological polar surface area (TPSA) is 94.2 Å². The lowest BCUT2D eigenvalue weighted by Crippen LogP contribution is -2.57. The number of piperazine rings is 1. The summed E-state index contributed by atoms with van der Waals surface area (Å²) in [5.41, 5.74) is 5.27. The summed E-state index contributed by atoms with van der Waals surface area (Å²) in [6.07, 6.45) is 6.77. The van der Waals surface area contributed by atoms with Gasteiger partial charge in [0.2, 0.25) is 0 Å². The number of ether oxygens (including phenoxy) is 1. The number of fused-ring (bicyclic) bond motifs is 2. The second kappa shape index (κ2) is 9.74. The van der Waals surface area contributed by atoms with Crippen molar-refractivity contribution in [3.63, 3.8) is 0 Å². The van der Waals surface area contributed by atoms with Crippen LogP contribution in [0, 0.1) is 6.92 Å². The number of aromatic nitrogens is 6. The third-order valence-electron chi connectivity index (χ3n) is 8.20. The standard InChI is InChI=1S/C28H36N8O2/c1-17-13-29-22-10-9-21(12-23(22)30-17)20(4)34-14-19(3)35(15-18(34)2)27-26-24(33(5)28(37)31-27)16-36(32-26)25-8-6-7-11-38-25/h9-10,12-13,16,18-20,25H,6-8,11,14-15H2,1-5H3/t18-,19+,20+,25?/m1/s1. The van der Waals surface area contributed by atoms with Gasteiger partial charge < -0.3 is 9.64 Å². The van der Waals surface area contributed by atoms with E-state index in [1.165, 1.54) is 5.56 Å². The molecule has 0 aliphatic carbocycles. The van der Waals surface area contributed by atoms with Gasteiger partial charge in [-0.1, -0.05) is 6.07 Å². The lowest BCUT2D eigenvalue weighted by molar-refractivity contribution is -0.0390. The normalized spacial score (nSPS) is 23.8. The highest BCUT2D eigenvalue weighted by molar-refractivity contribution is 5.85. The van der Waals surface area contributed by atoms with Crippen molar-refractivity contribution in [2.24, 2.45) is 7.05 Å². The van der Waals surface area contributed by atoms with Crippen molar-refractivity contribution < 1.29 is 4.74 Å². The Labute approximate surface area is 222 Å². The Morgan fingerprint density at radius 3 is 2.71 bits per heavy atom. The molecule has 1 unspecified atom stereocenters. The SMILES string of the molecule is Cc1cnc2ccc([C@H](C)N3C[C@H](C)N(c4nc(=O)n(C)c5cn(C6CCCCO6)nc45)C[C@H]3C)cc2n1. The number of anilines is 1. The summed E-state index contributed by atoms with van der Waals surface area (Å²) < 4.78 is 9.43. The van der Waals surface area contributed by atoms with E-state index in [2.05, 4.69) is 63.7 Å². The Morgan fingerprint density at radius 2 is 1.92 bits per heavy atom. The Bertz CT molecular complexity index is 1540. The lowest BCUT2D eigenvalue weighted by atomic mass is 10.00. The van der Waals surface area contributed by atoms with Gasteiger partial charge in [-0.2, -0.15) is 10.1 Å². The largest absolute Gasteiger partial charge is 0.357 e. The first-order chi connectivity index (χ1) is 18.3. The van der Waals surface area contributed by atoms with Crippen LogP contribution in [-0.4, -0.2) is 66.0 Å². The molecule has 4 atom stereocenters. The van der Waals surface area contributed by atoms with Gasteiger partial charge in [-0.25, -0.2) is 14.5 Å². The van der Waals surface area contributed by atoms with E-state index in [9.17, 15) is 4.79 Å². The van der Waals surface area contributed by atoms with Crippen molar-refractivity contribution in [3.8, 4) is 0 Å². The fraction of sp³-hybridized carbons (Fsp3) is 0.536. The average Bonchev–Trinajstić information content (AvgIpc) is 3.37. The summed E-state index contributed by atoms with van der Waals surface area (Å²) in [5, 5.41) is 4.91. The van der Waals surface area contributed by atoms with E-state index < -0.39 is 0 Å². The Balaban J connectivity index is 1.29. The number of nitrogens with zero attached hydrogens (tertiary/aromatic N) is 8. The first kappa shape index (κ1) is 24.9. The van der Waals surface area contributed by atoms with Crippen LogP contribution in [0.2, 0.25) is 0 Å². The summed E-state index contributed by atoms with van der Waals surface area (Å²) >= 11 is 0. The van der Waals surface area contributed by atoms with Gasteiger partial charge in [0, 0.05) is 51.1 Å². The number of benzene rings is 1. The van der Waals surface area contributed by atoms with E-state index in [0.29, 0.717) is 5.82 Å². The predicted octanol–water partition coefficient (Wildman–Crippen LogP) is 3.74. The van der Waals surface area contributed by atoms with Crippen LogP contribution in [0.1, 0.15) is 63.6 Å². The zero-order valence-electron chi connectivity index (χ0n) is 22.8.